The van der Waals surface area contributed by atoms with Gasteiger partial charge in [-0.25, -0.2) is 4.79 Å². The first-order chi connectivity index (χ1) is 13.4. The first-order valence-electron chi connectivity index (χ1n) is 8.40. The molecule has 0 fully saturated rings. The highest BCUT2D eigenvalue weighted by molar-refractivity contribution is 7.14. The lowest BCUT2D eigenvalue weighted by atomic mass is 10.1. The Balaban J connectivity index is 1.70. The summed E-state index contributed by atoms with van der Waals surface area (Å²) in [6.45, 7) is 3.47. The predicted molar refractivity (Wildman–Crippen MR) is 111 cm³/mol. The zero-order valence-electron chi connectivity index (χ0n) is 15.2. The average molecular weight is 415 g/mol. The van der Waals surface area contributed by atoms with Crippen molar-refractivity contribution >= 4 is 45.5 Å². The fourth-order valence-corrected chi connectivity index (χ4v) is 4.10. The van der Waals surface area contributed by atoms with E-state index in [1.54, 1.807) is 10.8 Å². The van der Waals surface area contributed by atoms with Crippen molar-refractivity contribution in [2.75, 3.05) is 5.32 Å². The van der Waals surface area contributed by atoms with Gasteiger partial charge in [0.1, 0.15) is 9.88 Å². The van der Waals surface area contributed by atoms with Crippen molar-refractivity contribution in [3.8, 4) is 11.1 Å². The second kappa shape index (κ2) is 8.37. The smallest absolute Gasteiger partial charge is 0.349 e. The Labute approximate surface area is 170 Å². The monoisotopic (exact) mass is 414 g/mol. The molecule has 0 spiro atoms. The van der Waals surface area contributed by atoms with Gasteiger partial charge in [0.2, 0.25) is 0 Å². The van der Waals surface area contributed by atoms with Crippen LogP contribution in [-0.2, 0) is 9.53 Å². The molecule has 2 aromatic heterocycles. The van der Waals surface area contributed by atoms with Gasteiger partial charge >= 0.3 is 5.97 Å². The maximum Gasteiger partial charge on any atom is 0.349 e. The Hall–Kier alpha value is -2.97. The van der Waals surface area contributed by atoms with Gasteiger partial charge in [0.25, 0.3) is 11.8 Å². The molecule has 2 heterocycles. The standard InChI is InChI=1S/C20H18N2O4S2/c1-11-3-5-13(6-4-11)14-7-9-27-16(14)20(25)26-12(2)18(24)22-19-15(17(21)23)8-10-28-19/h3-10,12H,1-2H3,(H2,21,23)(H,22,24)/t12-/m1/s1. The molecule has 0 saturated carbocycles. The van der Waals surface area contributed by atoms with Crippen LogP contribution in [0.5, 0.6) is 0 Å². The van der Waals surface area contributed by atoms with Gasteiger partial charge in [0.05, 0.1) is 5.56 Å². The number of ether oxygens (including phenoxy) is 1. The van der Waals surface area contributed by atoms with E-state index in [4.69, 9.17) is 10.5 Å². The minimum absolute atomic E-state index is 0.219. The van der Waals surface area contributed by atoms with E-state index < -0.39 is 23.9 Å². The number of nitrogens with one attached hydrogen (secondary N) is 1. The number of anilines is 1. The lowest BCUT2D eigenvalue weighted by Crippen LogP contribution is -2.30. The summed E-state index contributed by atoms with van der Waals surface area (Å²) in [6.07, 6.45) is -1.04. The highest BCUT2D eigenvalue weighted by Crippen LogP contribution is 2.30. The molecule has 1 atom stereocenters. The van der Waals surface area contributed by atoms with Crippen LogP contribution in [-0.4, -0.2) is 23.9 Å². The first-order valence-corrected chi connectivity index (χ1v) is 10.2. The summed E-state index contributed by atoms with van der Waals surface area (Å²) in [4.78, 5) is 36.7. The van der Waals surface area contributed by atoms with Gasteiger partial charge in [-0.05, 0) is 42.3 Å². The van der Waals surface area contributed by atoms with E-state index in [0.717, 1.165) is 16.7 Å². The number of nitrogens with two attached hydrogens (primary N) is 1. The van der Waals surface area contributed by atoms with Crippen LogP contribution >= 0.6 is 22.7 Å². The van der Waals surface area contributed by atoms with Crippen LogP contribution < -0.4 is 11.1 Å². The number of thiophene rings is 2. The number of carbonyl (C=O) groups excluding carboxylic acids is 3. The van der Waals surface area contributed by atoms with E-state index in [0.29, 0.717) is 9.88 Å². The largest absolute Gasteiger partial charge is 0.448 e. The molecule has 0 radical (unpaired) electrons. The van der Waals surface area contributed by atoms with Crippen LogP contribution in [0.4, 0.5) is 5.00 Å². The Bertz CT molecular complexity index is 1020. The molecule has 0 unspecified atom stereocenters. The normalized spacial score (nSPS) is 11.6. The summed E-state index contributed by atoms with van der Waals surface area (Å²) < 4.78 is 5.34. The Morgan fingerprint density at radius 3 is 2.39 bits per heavy atom. The van der Waals surface area contributed by atoms with Gasteiger partial charge in [0.15, 0.2) is 6.10 Å². The van der Waals surface area contributed by atoms with E-state index >= 15 is 0 Å². The summed E-state index contributed by atoms with van der Waals surface area (Å²) in [6, 6.07) is 11.2. The quantitative estimate of drug-likeness (QED) is 0.594. The van der Waals surface area contributed by atoms with Crippen molar-refractivity contribution in [1.29, 1.82) is 0 Å². The maximum atomic E-state index is 12.6. The second-order valence-electron chi connectivity index (χ2n) is 6.09. The first kappa shape index (κ1) is 19.8. The molecule has 3 rings (SSSR count). The Kier molecular flexibility index (Phi) is 5.91. The van der Waals surface area contributed by atoms with Crippen LogP contribution in [0, 0.1) is 6.92 Å². The van der Waals surface area contributed by atoms with Gasteiger partial charge in [0, 0.05) is 5.56 Å². The van der Waals surface area contributed by atoms with Gasteiger partial charge in [-0.15, -0.1) is 22.7 Å². The highest BCUT2D eigenvalue weighted by Gasteiger charge is 2.23. The minimum Gasteiger partial charge on any atom is -0.448 e. The summed E-state index contributed by atoms with van der Waals surface area (Å²) in [5.74, 6) is -1.75. The fourth-order valence-electron chi connectivity index (χ4n) is 2.51. The third-order valence-corrected chi connectivity index (χ3v) is 5.76. The molecule has 1 aromatic carbocycles. The summed E-state index contributed by atoms with van der Waals surface area (Å²) in [5.41, 5.74) is 8.28. The molecule has 0 saturated heterocycles. The molecule has 0 bridgehead atoms. The third kappa shape index (κ3) is 4.29. The van der Waals surface area contributed by atoms with Crippen LogP contribution in [0.3, 0.4) is 0 Å². The third-order valence-electron chi connectivity index (χ3n) is 4.03. The number of rotatable bonds is 6. The van der Waals surface area contributed by atoms with E-state index in [-0.39, 0.29) is 5.56 Å². The van der Waals surface area contributed by atoms with E-state index in [1.165, 1.54) is 35.7 Å². The molecule has 28 heavy (non-hydrogen) atoms. The molecule has 3 aromatic rings. The molecule has 144 valence electrons. The molecular formula is C20H18N2O4S2. The van der Waals surface area contributed by atoms with Crippen LogP contribution in [0.15, 0.2) is 47.2 Å². The van der Waals surface area contributed by atoms with Crippen molar-refractivity contribution in [1.82, 2.24) is 0 Å². The topological polar surface area (TPSA) is 98.5 Å². The zero-order chi connectivity index (χ0) is 20.3. The number of carbonyl (C=O) groups is 3. The number of benzene rings is 1. The van der Waals surface area contributed by atoms with E-state index in [9.17, 15) is 14.4 Å². The van der Waals surface area contributed by atoms with Crippen LogP contribution in [0.2, 0.25) is 0 Å². The number of amides is 2. The molecule has 0 aliphatic carbocycles. The fraction of sp³-hybridized carbons (Fsp3) is 0.150. The van der Waals surface area contributed by atoms with Gasteiger partial charge < -0.3 is 15.8 Å². The number of esters is 1. The van der Waals surface area contributed by atoms with Gasteiger partial charge in [-0.1, -0.05) is 29.8 Å². The van der Waals surface area contributed by atoms with Crippen molar-refractivity contribution in [2.24, 2.45) is 5.73 Å². The minimum atomic E-state index is -1.04. The number of hydrogen-bond acceptors (Lipinski definition) is 6. The summed E-state index contributed by atoms with van der Waals surface area (Å²) >= 11 is 2.43. The number of primary amides is 1. The van der Waals surface area contributed by atoms with Gasteiger partial charge in [-0.3, -0.25) is 9.59 Å². The molecule has 6 nitrogen and oxygen atoms in total. The Morgan fingerprint density at radius 2 is 1.71 bits per heavy atom. The molecule has 0 aliphatic heterocycles. The van der Waals surface area contributed by atoms with Crippen LogP contribution in [0.1, 0.15) is 32.5 Å². The molecule has 3 N–H and O–H groups in total. The second-order valence-corrected chi connectivity index (χ2v) is 7.93. The molecule has 2 amide bonds. The zero-order valence-corrected chi connectivity index (χ0v) is 16.9. The highest BCUT2D eigenvalue weighted by atomic mass is 32.1. The van der Waals surface area contributed by atoms with Crippen molar-refractivity contribution in [3.05, 3.63) is 63.2 Å². The molecule has 0 aliphatic rings. The van der Waals surface area contributed by atoms with Gasteiger partial charge in [-0.2, -0.15) is 0 Å². The van der Waals surface area contributed by atoms with Crippen LogP contribution in [0.25, 0.3) is 11.1 Å². The lowest BCUT2D eigenvalue weighted by Gasteiger charge is -2.13. The summed E-state index contributed by atoms with van der Waals surface area (Å²) in [7, 11) is 0. The van der Waals surface area contributed by atoms with Crippen molar-refractivity contribution in [3.63, 3.8) is 0 Å². The van der Waals surface area contributed by atoms with Crippen molar-refractivity contribution < 1.29 is 19.1 Å². The van der Waals surface area contributed by atoms with Crippen molar-refractivity contribution in [2.45, 2.75) is 20.0 Å². The number of aryl methyl sites for hydroxylation is 1. The van der Waals surface area contributed by atoms with E-state index in [1.807, 2.05) is 37.3 Å². The van der Waals surface area contributed by atoms with E-state index in [2.05, 4.69) is 5.32 Å². The predicted octanol–water partition coefficient (Wildman–Crippen LogP) is 4.07. The molecule has 8 heteroatoms. The number of hydrogen-bond donors (Lipinski definition) is 2. The summed E-state index contributed by atoms with van der Waals surface area (Å²) in [5, 5.41) is 6.36. The Morgan fingerprint density at radius 1 is 1.04 bits per heavy atom. The molecular weight excluding hydrogens is 396 g/mol. The SMILES string of the molecule is Cc1ccc(-c2ccsc2C(=O)O[C@H](C)C(=O)Nc2sccc2C(N)=O)cc1. The lowest BCUT2D eigenvalue weighted by molar-refractivity contribution is -0.123. The maximum absolute atomic E-state index is 12.6. The average Bonchev–Trinajstić information content (AvgIpc) is 3.31.